The van der Waals surface area contributed by atoms with Crippen molar-refractivity contribution in [3.05, 3.63) is 0 Å². The van der Waals surface area contributed by atoms with Crippen LogP contribution in [-0.2, 0) is 0 Å². The van der Waals surface area contributed by atoms with Crippen LogP contribution in [-0.4, -0.2) is 53.0 Å². The molecule has 188 valence electrons. The first-order valence-electron chi connectivity index (χ1n) is 7.58. The van der Waals surface area contributed by atoms with E-state index < -0.39 is 66.9 Å². The largest absolute Gasteiger partial charge is 0.460 e. The normalized spacial score (nSPS) is 16.1. The van der Waals surface area contributed by atoms with Crippen molar-refractivity contribution in [1.82, 2.24) is 0 Å². The van der Waals surface area contributed by atoms with Crippen molar-refractivity contribution in [3.63, 3.8) is 0 Å². The number of alkyl halides is 18. The third kappa shape index (κ3) is 4.54. The van der Waals surface area contributed by atoms with Gasteiger partial charge in [-0.15, -0.1) is 0 Å². The summed E-state index contributed by atoms with van der Waals surface area (Å²) in [5.41, 5.74) is 0. The van der Waals surface area contributed by atoms with Gasteiger partial charge in [-0.25, -0.2) is 0 Å². The smallest absolute Gasteiger partial charge is 0.200 e. The van der Waals surface area contributed by atoms with Crippen LogP contribution in [0.2, 0.25) is 0 Å². The number of hydrogen-bond acceptors (Lipinski definition) is 0. The highest BCUT2D eigenvalue weighted by Crippen LogP contribution is 2.64. The molecule has 0 aromatic carbocycles. The van der Waals surface area contributed by atoms with Crippen molar-refractivity contribution in [1.29, 1.82) is 0 Å². The number of rotatable bonds is 11. The molecule has 0 heterocycles. The van der Waals surface area contributed by atoms with Crippen molar-refractivity contribution < 1.29 is 74.6 Å². The molecule has 0 aliphatic carbocycles. The molecular weight excluding hydrogens is 559 g/mol. The molecule has 0 saturated heterocycles. The van der Waals surface area contributed by atoms with Crippen LogP contribution < -0.4 is 0 Å². The summed E-state index contributed by atoms with van der Waals surface area (Å²) in [7, 11) is 0. The van der Waals surface area contributed by atoms with Gasteiger partial charge in [0, 0.05) is 11.8 Å². The van der Waals surface area contributed by atoms with Crippen molar-refractivity contribution in [2.45, 2.75) is 73.3 Å². The zero-order valence-corrected chi connectivity index (χ0v) is 15.9. The summed E-state index contributed by atoms with van der Waals surface area (Å²) in [6.07, 6.45) is -11.6. The van der Waals surface area contributed by atoms with Crippen LogP contribution in [0, 0.1) is 0 Å². The molecule has 0 N–H and O–H groups in total. The number of unbranched alkanes of at least 4 members (excludes halogenated alkanes) is 2. The second kappa shape index (κ2) is 8.57. The molecule has 0 aromatic rings. The Morgan fingerprint density at radius 3 is 1.03 bits per heavy atom. The highest BCUT2D eigenvalue weighted by Gasteiger charge is 2.95. The Hall–Kier alpha value is -0.710. The zero-order chi connectivity index (χ0) is 25.5. The summed E-state index contributed by atoms with van der Waals surface area (Å²) in [5, 5.41) is 0.0813. The third-order valence-electron chi connectivity index (χ3n) is 3.91. The fourth-order valence-corrected chi connectivity index (χ4v) is 2.37. The van der Waals surface area contributed by atoms with E-state index in [0.717, 1.165) is 0 Å². The van der Waals surface area contributed by atoms with Crippen LogP contribution in [0.15, 0.2) is 0 Å². The van der Waals surface area contributed by atoms with Crippen molar-refractivity contribution >= 4 is 15.9 Å². The summed E-state index contributed by atoms with van der Waals surface area (Å²) in [4.78, 5) is 0. The Balaban J connectivity index is 6.37. The minimum atomic E-state index is -8.57. The summed E-state index contributed by atoms with van der Waals surface area (Å²) in [6, 6.07) is 0. The maximum atomic E-state index is 13.5. The molecule has 0 spiro atoms. The van der Waals surface area contributed by atoms with Gasteiger partial charge in [-0.05, 0) is 12.8 Å². The van der Waals surface area contributed by atoms with Gasteiger partial charge in [-0.3, -0.25) is 0 Å². The standard InChI is InChI=1S/C13H10BrF17/c14-5-3-1-2-4-6(15,16)7(17,18)8(19,20)9(21,22)10(23,24)11(25,26)12(27,28)13(29,30)31/h1-5H2. The molecule has 0 amide bonds. The van der Waals surface area contributed by atoms with Crippen LogP contribution in [0.3, 0.4) is 0 Å². The molecular formula is C13H10BrF17. The molecule has 0 rings (SSSR count). The molecule has 0 bridgehead atoms. The van der Waals surface area contributed by atoms with Gasteiger partial charge in [0.05, 0.1) is 0 Å². The van der Waals surface area contributed by atoms with E-state index in [4.69, 9.17) is 0 Å². The Morgan fingerprint density at radius 2 is 0.710 bits per heavy atom. The summed E-state index contributed by atoms with van der Waals surface area (Å²) < 4.78 is 221. The molecule has 0 saturated carbocycles. The van der Waals surface area contributed by atoms with Gasteiger partial charge in [-0.1, -0.05) is 22.4 Å². The molecule has 0 aliphatic heterocycles. The lowest BCUT2D eigenvalue weighted by molar-refractivity contribution is -0.461. The molecule has 0 nitrogen and oxygen atoms in total. The molecule has 0 atom stereocenters. The van der Waals surface area contributed by atoms with E-state index in [1.807, 2.05) is 0 Å². The molecule has 0 radical (unpaired) electrons. The topological polar surface area (TPSA) is 0 Å². The minimum absolute atomic E-state index is 0.0367. The van der Waals surface area contributed by atoms with Gasteiger partial charge < -0.3 is 0 Å². The fraction of sp³-hybridized carbons (Fsp3) is 1.00. The van der Waals surface area contributed by atoms with E-state index in [-0.39, 0.29) is 11.8 Å². The first kappa shape index (κ1) is 30.3. The molecule has 0 fully saturated rings. The maximum Gasteiger partial charge on any atom is 0.460 e. The van der Waals surface area contributed by atoms with Crippen molar-refractivity contribution in [3.8, 4) is 0 Å². The van der Waals surface area contributed by atoms with Crippen LogP contribution in [0.25, 0.3) is 0 Å². The van der Waals surface area contributed by atoms with Crippen LogP contribution in [0.4, 0.5) is 74.6 Å². The zero-order valence-electron chi connectivity index (χ0n) is 14.3. The first-order chi connectivity index (χ1) is 13.3. The summed E-state index contributed by atoms with van der Waals surface area (Å²) >= 11 is 2.75. The fourth-order valence-electron chi connectivity index (χ4n) is 1.97. The minimum Gasteiger partial charge on any atom is -0.200 e. The highest BCUT2D eigenvalue weighted by molar-refractivity contribution is 9.09. The molecule has 0 aliphatic rings. The van der Waals surface area contributed by atoms with E-state index in [2.05, 4.69) is 15.9 Å². The summed E-state index contributed by atoms with van der Waals surface area (Å²) in [6.45, 7) is 0. The van der Waals surface area contributed by atoms with Crippen molar-refractivity contribution in [2.24, 2.45) is 0 Å². The van der Waals surface area contributed by atoms with Gasteiger partial charge in [0.25, 0.3) is 0 Å². The average molecular weight is 569 g/mol. The highest BCUT2D eigenvalue weighted by atomic mass is 79.9. The van der Waals surface area contributed by atoms with Crippen LogP contribution in [0.1, 0.15) is 25.7 Å². The average Bonchev–Trinajstić information content (AvgIpc) is 2.56. The Bertz CT molecular complexity index is 606. The quantitative estimate of drug-likeness (QED) is 0.135. The van der Waals surface area contributed by atoms with Crippen LogP contribution in [0.5, 0.6) is 0 Å². The lowest BCUT2D eigenvalue weighted by Gasteiger charge is -2.42. The lowest BCUT2D eigenvalue weighted by Crippen LogP contribution is -2.74. The molecule has 0 unspecified atom stereocenters. The van der Waals surface area contributed by atoms with Gasteiger partial charge in [0.15, 0.2) is 0 Å². The Morgan fingerprint density at radius 1 is 0.387 bits per heavy atom. The Labute approximate surface area is 170 Å². The van der Waals surface area contributed by atoms with Crippen molar-refractivity contribution in [2.75, 3.05) is 5.33 Å². The molecule has 0 aromatic heterocycles. The SMILES string of the molecule is FC(F)(F)C(F)(F)C(F)(F)C(F)(F)C(F)(F)C(F)(F)C(F)(F)C(F)(F)CCCCCBr. The third-order valence-corrected chi connectivity index (χ3v) is 4.47. The lowest BCUT2D eigenvalue weighted by atomic mass is 9.88. The van der Waals surface area contributed by atoms with E-state index in [0.29, 0.717) is 0 Å². The summed E-state index contributed by atoms with van der Waals surface area (Å²) in [5.74, 6) is -55.7. The first-order valence-corrected chi connectivity index (χ1v) is 8.70. The van der Waals surface area contributed by atoms with Gasteiger partial charge in [0.2, 0.25) is 0 Å². The van der Waals surface area contributed by atoms with E-state index in [9.17, 15) is 74.6 Å². The monoisotopic (exact) mass is 568 g/mol. The predicted octanol–water partition coefficient (Wildman–Crippen LogP) is 7.95. The van der Waals surface area contributed by atoms with Gasteiger partial charge >= 0.3 is 47.6 Å². The number of hydrogen-bond donors (Lipinski definition) is 0. The van der Waals surface area contributed by atoms with E-state index in [1.165, 1.54) is 0 Å². The Kier molecular flexibility index (Phi) is 8.38. The molecule has 18 heteroatoms. The second-order valence-corrected chi connectivity index (χ2v) is 6.94. The number of halogens is 18. The van der Waals surface area contributed by atoms with Gasteiger partial charge in [0.1, 0.15) is 0 Å². The van der Waals surface area contributed by atoms with Crippen LogP contribution >= 0.6 is 15.9 Å². The van der Waals surface area contributed by atoms with Gasteiger partial charge in [-0.2, -0.15) is 74.6 Å². The van der Waals surface area contributed by atoms with E-state index >= 15 is 0 Å². The van der Waals surface area contributed by atoms with E-state index in [1.54, 1.807) is 0 Å². The second-order valence-electron chi connectivity index (χ2n) is 6.15. The predicted molar refractivity (Wildman–Crippen MR) is 72.9 cm³/mol. The molecule has 31 heavy (non-hydrogen) atoms. The maximum absolute atomic E-state index is 13.5.